The smallest absolute Gasteiger partial charge is 0.172 e. The molecular weight excluding hydrogens is 400 g/mol. The van der Waals surface area contributed by atoms with Crippen LogP contribution in [0.5, 0.6) is 0 Å². The topological polar surface area (TPSA) is 47.9 Å². The molecule has 2 spiro atoms. The molecule has 0 aromatic heterocycles. The fraction of sp³-hybridized carbons (Fsp3) is 0.929. The molecule has 0 bridgehead atoms. The van der Waals surface area contributed by atoms with Gasteiger partial charge in [-0.25, -0.2) is 0 Å². The molecule has 1 saturated heterocycles. The van der Waals surface area contributed by atoms with Crippen molar-refractivity contribution in [2.45, 2.75) is 109 Å². The summed E-state index contributed by atoms with van der Waals surface area (Å²) in [5, 5.41) is 12.2. The maximum atomic E-state index is 12.2. The summed E-state index contributed by atoms with van der Waals surface area (Å²) < 4.78 is 18.7. The SMILES string of the molecule is CCCOC1(C)CC[C@]23C[C@](C)(O)[C@H]4[C@@H](CC=C5CC6(CC[C@@]54C)OCCO6)[C@@H]2CC[C@H]13. The number of rotatable bonds is 3. The molecule has 0 amide bonds. The van der Waals surface area contributed by atoms with Gasteiger partial charge < -0.3 is 19.3 Å². The molecule has 4 saturated carbocycles. The third kappa shape index (κ3) is 2.82. The van der Waals surface area contributed by atoms with Crippen molar-refractivity contribution in [2.24, 2.45) is 34.5 Å². The van der Waals surface area contributed by atoms with Crippen molar-refractivity contribution in [2.75, 3.05) is 19.8 Å². The van der Waals surface area contributed by atoms with Crippen LogP contribution in [0.4, 0.5) is 0 Å². The van der Waals surface area contributed by atoms with Crippen LogP contribution in [0.25, 0.3) is 0 Å². The van der Waals surface area contributed by atoms with Crippen LogP contribution in [-0.4, -0.2) is 41.9 Å². The van der Waals surface area contributed by atoms with Gasteiger partial charge in [-0.3, -0.25) is 0 Å². The van der Waals surface area contributed by atoms with E-state index in [1.807, 2.05) is 0 Å². The van der Waals surface area contributed by atoms with Crippen LogP contribution in [0, 0.1) is 34.5 Å². The summed E-state index contributed by atoms with van der Waals surface area (Å²) in [5.41, 5.74) is 1.20. The summed E-state index contributed by atoms with van der Waals surface area (Å²) >= 11 is 0. The Morgan fingerprint density at radius 3 is 2.59 bits per heavy atom. The second kappa shape index (κ2) is 7.06. The zero-order valence-corrected chi connectivity index (χ0v) is 20.8. The van der Waals surface area contributed by atoms with Crippen molar-refractivity contribution in [3.05, 3.63) is 11.6 Å². The summed E-state index contributed by atoms with van der Waals surface area (Å²) in [6.45, 7) is 11.6. The lowest BCUT2D eigenvalue weighted by Gasteiger charge is -2.64. The van der Waals surface area contributed by atoms with E-state index in [0.717, 1.165) is 70.7 Å². The van der Waals surface area contributed by atoms with E-state index in [1.54, 1.807) is 0 Å². The van der Waals surface area contributed by atoms with Gasteiger partial charge in [0.2, 0.25) is 0 Å². The predicted octanol–water partition coefficient (Wildman–Crippen LogP) is 5.63. The third-order valence-electron chi connectivity index (χ3n) is 11.3. The zero-order chi connectivity index (χ0) is 22.4. The second-order valence-electron chi connectivity index (χ2n) is 13.0. The van der Waals surface area contributed by atoms with Gasteiger partial charge in [-0.1, -0.05) is 25.5 Å². The lowest BCUT2D eigenvalue weighted by molar-refractivity contribution is -0.214. The predicted molar refractivity (Wildman–Crippen MR) is 124 cm³/mol. The molecular formula is C28H44O4. The molecule has 5 fully saturated rings. The molecule has 6 rings (SSSR count). The molecule has 1 N–H and O–H groups in total. The van der Waals surface area contributed by atoms with Crippen molar-refractivity contribution in [3.63, 3.8) is 0 Å². The van der Waals surface area contributed by atoms with Gasteiger partial charge in [0.25, 0.3) is 0 Å². The Morgan fingerprint density at radius 2 is 1.84 bits per heavy atom. The second-order valence-corrected chi connectivity index (χ2v) is 13.0. The molecule has 4 heteroatoms. The summed E-state index contributed by atoms with van der Waals surface area (Å²) in [7, 11) is 0. The van der Waals surface area contributed by atoms with E-state index in [2.05, 4.69) is 33.8 Å². The first-order chi connectivity index (χ1) is 15.2. The summed E-state index contributed by atoms with van der Waals surface area (Å²) in [6.07, 6.45) is 13.6. The number of fused-ring (bicyclic) bond motifs is 4. The molecule has 4 nitrogen and oxygen atoms in total. The van der Waals surface area contributed by atoms with E-state index in [0.29, 0.717) is 17.8 Å². The standard InChI is InChI=1S/C28H44O4/c1-5-14-30-26(4)11-12-27-18-25(3,29)23-20(21(27)8-9-22(26)27)7-6-19-17-28(31-15-16-32-28)13-10-24(19,23)2/h6,20-23,29H,5,7-18H2,1-4H3/t20-,21-,22+,23-,24-,25-,26?,27-/m0/s1. The van der Waals surface area contributed by atoms with E-state index < -0.39 is 5.60 Å². The summed E-state index contributed by atoms with van der Waals surface area (Å²) in [6, 6.07) is 0. The van der Waals surface area contributed by atoms with Crippen LogP contribution in [0.1, 0.15) is 91.9 Å². The highest BCUT2D eigenvalue weighted by Crippen LogP contribution is 2.74. The van der Waals surface area contributed by atoms with Crippen LogP contribution in [-0.2, 0) is 14.2 Å². The van der Waals surface area contributed by atoms with Crippen molar-refractivity contribution in [3.8, 4) is 0 Å². The Balaban J connectivity index is 1.34. The van der Waals surface area contributed by atoms with Crippen molar-refractivity contribution >= 4 is 0 Å². The van der Waals surface area contributed by atoms with Gasteiger partial charge in [-0.15, -0.1) is 0 Å². The number of hydrogen-bond acceptors (Lipinski definition) is 4. The van der Waals surface area contributed by atoms with E-state index in [1.165, 1.54) is 24.8 Å². The van der Waals surface area contributed by atoms with Crippen LogP contribution < -0.4 is 0 Å². The van der Waals surface area contributed by atoms with Gasteiger partial charge in [0, 0.05) is 19.4 Å². The molecule has 0 radical (unpaired) electrons. The Morgan fingerprint density at radius 1 is 1.06 bits per heavy atom. The molecule has 6 aliphatic rings. The number of hydrogen-bond donors (Lipinski definition) is 1. The minimum Gasteiger partial charge on any atom is -0.390 e. The molecule has 1 heterocycles. The fourth-order valence-electron chi connectivity index (χ4n) is 10.4. The van der Waals surface area contributed by atoms with Gasteiger partial charge in [0.15, 0.2) is 5.79 Å². The van der Waals surface area contributed by atoms with Crippen LogP contribution in [0.3, 0.4) is 0 Å². The Hall–Kier alpha value is -0.420. The van der Waals surface area contributed by atoms with Crippen molar-refractivity contribution < 1.29 is 19.3 Å². The van der Waals surface area contributed by atoms with Gasteiger partial charge in [-0.2, -0.15) is 0 Å². The maximum absolute atomic E-state index is 12.2. The van der Waals surface area contributed by atoms with Crippen molar-refractivity contribution in [1.82, 2.24) is 0 Å². The molecule has 1 unspecified atom stereocenters. The lowest BCUT2D eigenvalue weighted by atomic mass is 9.43. The number of ether oxygens (including phenoxy) is 3. The molecule has 0 aromatic carbocycles. The van der Waals surface area contributed by atoms with Gasteiger partial charge in [0.05, 0.1) is 24.4 Å². The molecule has 1 aliphatic heterocycles. The van der Waals surface area contributed by atoms with Gasteiger partial charge in [0.1, 0.15) is 0 Å². The Kier molecular flexibility index (Phi) is 4.87. The van der Waals surface area contributed by atoms with Gasteiger partial charge in [-0.05, 0) is 99.7 Å². The Bertz CT molecular complexity index is 797. The average Bonchev–Trinajstić information content (AvgIpc) is 3.42. The number of allylic oxidation sites excluding steroid dienone is 1. The minimum absolute atomic E-state index is 0.00160. The van der Waals surface area contributed by atoms with Crippen LogP contribution in [0.2, 0.25) is 0 Å². The third-order valence-corrected chi connectivity index (χ3v) is 11.3. The first kappa shape index (κ1) is 22.1. The van der Waals surface area contributed by atoms with Crippen LogP contribution >= 0.6 is 0 Å². The first-order valence-electron chi connectivity index (χ1n) is 13.5. The quantitative estimate of drug-likeness (QED) is 0.573. The molecule has 0 aromatic rings. The summed E-state index contributed by atoms with van der Waals surface area (Å²) in [4.78, 5) is 0. The van der Waals surface area contributed by atoms with Gasteiger partial charge >= 0.3 is 0 Å². The molecule has 8 atom stereocenters. The highest BCUT2D eigenvalue weighted by molar-refractivity contribution is 5.30. The highest BCUT2D eigenvalue weighted by Gasteiger charge is 2.71. The molecule has 180 valence electrons. The normalized spacial score (nSPS) is 53.5. The Labute approximate surface area is 194 Å². The largest absolute Gasteiger partial charge is 0.390 e. The molecule has 32 heavy (non-hydrogen) atoms. The number of aliphatic hydroxyl groups is 1. The zero-order valence-electron chi connectivity index (χ0n) is 20.8. The molecule has 5 aliphatic carbocycles. The lowest BCUT2D eigenvalue weighted by Crippen LogP contribution is -2.62. The van der Waals surface area contributed by atoms with E-state index in [4.69, 9.17) is 14.2 Å². The summed E-state index contributed by atoms with van der Waals surface area (Å²) in [5.74, 6) is 1.88. The maximum Gasteiger partial charge on any atom is 0.172 e. The monoisotopic (exact) mass is 444 g/mol. The van der Waals surface area contributed by atoms with E-state index in [-0.39, 0.29) is 22.2 Å². The van der Waals surface area contributed by atoms with E-state index >= 15 is 0 Å². The minimum atomic E-state index is -0.629. The van der Waals surface area contributed by atoms with E-state index in [9.17, 15) is 5.11 Å². The highest BCUT2D eigenvalue weighted by atomic mass is 16.7. The van der Waals surface area contributed by atoms with Crippen molar-refractivity contribution in [1.29, 1.82) is 0 Å². The fourth-order valence-corrected chi connectivity index (χ4v) is 10.4. The van der Waals surface area contributed by atoms with Crippen LogP contribution in [0.15, 0.2) is 11.6 Å². The first-order valence-corrected chi connectivity index (χ1v) is 13.5. The average molecular weight is 445 g/mol.